The van der Waals surface area contributed by atoms with Gasteiger partial charge in [-0.25, -0.2) is 4.79 Å². The first-order chi connectivity index (χ1) is 9.49. The molecule has 8 nitrogen and oxygen atoms in total. The highest BCUT2D eigenvalue weighted by atomic mass is 32.2. The van der Waals surface area contributed by atoms with Crippen LogP contribution >= 0.6 is 0 Å². The van der Waals surface area contributed by atoms with Crippen LogP contribution in [0.25, 0.3) is 0 Å². The van der Waals surface area contributed by atoms with Crippen molar-refractivity contribution in [3.05, 3.63) is 0 Å². The smallest absolute Gasteiger partial charge is 0.410 e. The molecule has 9 heteroatoms. The SMILES string of the molecule is CN(C)S(=O)(=O)N1CCN(C(=O)OC(C)(C)C)CC1CN. The van der Waals surface area contributed by atoms with Crippen LogP contribution in [0, 0.1) is 0 Å². The fourth-order valence-electron chi connectivity index (χ4n) is 2.04. The first-order valence-corrected chi connectivity index (χ1v) is 8.26. The summed E-state index contributed by atoms with van der Waals surface area (Å²) in [6.07, 6.45) is -0.442. The second-order valence-electron chi connectivity index (χ2n) is 6.22. The summed E-state index contributed by atoms with van der Waals surface area (Å²) in [4.78, 5) is 13.6. The van der Waals surface area contributed by atoms with Gasteiger partial charge in [-0.15, -0.1) is 0 Å². The predicted octanol–water partition coefficient (Wildman–Crippen LogP) is -0.327. The van der Waals surface area contributed by atoms with E-state index in [4.69, 9.17) is 10.5 Å². The number of rotatable bonds is 3. The Kier molecular flexibility index (Phi) is 5.59. The van der Waals surface area contributed by atoms with E-state index in [1.807, 2.05) is 0 Å². The van der Waals surface area contributed by atoms with Crippen LogP contribution in [-0.2, 0) is 14.9 Å². The van der Waals surface area contributed by atoms with Crippen LogP contribution in [0.3, 0.4) is 0 Å². The van der Waals surface area contributed by atoms with Gasteiger partial charge in [-0.3, -0.25) is 0 Å². The maximum absolute atomic E-state index is 12.2. The molecule has 124 valence electrons. The van der Waals surface area contributed by atoms with Gasteiger partial charge in [-0.1, -0.05) is 0 Å². The van der Waals surface area contributed by atoms with Gasteiger partial charge in [0, 0.05) is 40.3 Å². The number of nitrogens with zero attached hydrogens (tertiary/aromatic N) is 3. The van der Waals surface area contributed by atoms with Crippen molar-refractivity contribution in [1.82, 2.24) is 13.5 Å². The van der Waals surface area contributed by atoms with E-state index < -0.39 is 27.9 Å². The minimum absolute atomic E-state index is 0.145. The van der Waals surface area contributed by atoms with Gasteiger partial charge in [0.1, 0.15) is 5.60 Å². The highest BCUT2D eigenvalue weighted by molar-refractivity contribution is 7.86. The molecule has 0 radical (unpaired) electrons. The molecule has 1 unspecified atom stereocenters. The van der Waals surface area contributed by atoms with Crippen LogP contribution in [-0.4, -0.2) is 79.9 Å². The van der Waals surface area contributed by atoms with Crippen LogP contribution in [0.2, 0.25) is 0 Å². The number of piperazine rings is 1. The number of amides is 1. The van der Waals surface area contributed by atoms with Gasteiger partial charge in [-0.2, -0.15) is 17.0 Å². The molecule has 0 aliphatic carbocycles. The average molecular weight is 322 g/mol. The maximum Gasteiger partial charge on any atom is 0.410 e. The molecule has 1 fully saturated rings. The summed E-state index contributed by atoms with van der Waals surface area (Å²) < 4.78 is 32.2. The Labute approximate surface area is 127 Å². The molecule has 21 heavy (non-hydrogen) atoms. The van der Waals surface area contributed by atoms with E-state index in [0.717, 1.165) is 4.31 Å². The molecule has 0 saturated carbocycles. The number of nitrogens with two attached hydrogens (primary N) is 1. The molecule has 1 atom stereocenters. The van der Waals surface area contributed by atoms with Crippen molar-refractivity contribution in [2.24, 2.45) is 5.73 Å². The molecule has 0 aromatic carbocycles. The second-order valence-corrected chi connectivity index (χ2v) is 8.31. The highest BCUT2D eigenvalue weighted by Gasteiger charge is 2.38. The molecule has 1 heterocycles. The number of ether oxygens (including phenoxy) is 1. The summed E-state index contributed by atoms with van der Waals surface area (Å²) in [5, 5.41) is 0. The van der Waals surface area contributed by atoms with Crippen molar-refractivity contribution in [3.8, 4) is 0 Å². The molecule has 1 amide bonds. The molecule has 0 bridgehead atoms. The Balaban J connectivity index is 2.81. The van der Waals surface area contributed by atoms with Gasteiger partial charge < -0.3 is 15.4 Å². The lowest BCUT2D eigenvalue weighted by atomic mass is 10.2. The summed E-state index contributed by atoms with van der Waals surface area (Å²) in [6.45, 7) is 6.25. The van der Waals surface area contributed by atoms with Crippen molar-refractivity contribution in [2.75, 3.05) is 40.3 Å². The zero-order valence-electron chi connectivity index (χ0n) is 13.4. The molecular weight excluding hydrogens is 296 g/mol. The van der Waals surface area contributed by atoms with E-state index in [1.165, 1.54) is 23.3 Å². The molecule has 2 N–H and O–H groups in total. The lowest BCUT2D eigenvalue weighted by Crippen LogP contribution is -2.61. The second kappa shape index (κ2) is 6.47. The Bertz CT molecular complexity index is 472. The Morgan fingerprint density at radius 2 is 1.90 bits per heavy atom. The Hall–Kier alpha value is -0.900. The summed E-state index contributed by atoms with van der Waals surface area (Å²) >= 11 is 0. The van der Waals surface area contributed by atoms with Gasteiger partial charge in [0.15, 0.2) is 0 Å². The van der Waals surface area contributed by atoms with Gasteiger partial charge in [0.25, 0.3) is 10.2 Å². The summed E-state index contributed by atoms with van der Waals surface area (Å²) in [5.41, 5.74) is 5.10. The molecular formula is C12H26N4O4S. The monoisotopic (exact) mass is 322 g/mol. The fraction of sp³-hybridized carbons (Fsp3) is 0.917. The van der Waals surface area contributed by atoms with Gasteiger partial charge >= 0.3 is 6.09 Å². The molecule has 1 aliphatic rings. The van der Waals surface area contributed by atoms with E-state index in [1.54, 1.807) is 20.8 Å². The van der Waals surface area contributed by atoms with E-state index in [0.29, 0.717) is 6.54 Å². The molecule has 1 rings (SSSR count). The standard InChI is InChI=1S/C12H26N4O4S/c1-12(2,3)20-11(17)15-6-7-16(10(8-13)9-15)21(18,19)14(4)5/h10H,6-9,13H2,1-5H3. The minimum Gasteiger partial charge on any atom is -0.444 e. The quantitative estimate of drug-likeness (QED) is 0.768. The van der Waals surface area contributed by atoms with Crippen LogP contribution in [0.15, 0.2) is 0 Å². The molecule has 1 aliphatic heterocycles. The van der Waals surface area contributed by atoms with Crippen molar-refractivity contribution in [1.29, 1.82) is 0 Å². The van der Waals surface area contributed by atoms with Gasteiger partial charge in [0.05, 0.1) is 6.04 Å². The highest BCUT2D eigenvalue weighted by Crippen LogP contribution is 2.18. The zero-order valence-corrected chi connectivity index (χ0v) is 14.2. The third-order valence-electron chi connectivity index (χ3n) is 3.11. The third kappa shape index (κ3) is 4.53. The minimum atomic E-state index is -3.54. The van der Waals surface area contributed by atoms with Crippen molar-refractivity contribution in [2.45, 2.75) is 32.4 Å². The summed E-state index contributed by atoms with van der Waals surface area (Å²) in [5.74, 6) is 0. The number of carbonyl (C=O) groups excluding carboxylic acids is 1. The van der Waals surface area contributed by atoms with Crippen LogP contribution in [0.5, 0.6) is 0 Å². The van der Waals surface area contributed by atoms with E-state index in [9.17, 15) is 13.2 Å². The van der Waals surface area contributed by atoms with Gasteiger partial charge in [0.2, 0.25) is 0 Å². The fourth-order valence-corrected chi connectivity index (χ4v) is 3.30. The first-order valence-electron chi connectivity index (χ1n) is 6.86. The lowest BCUT2D eigenvalue weighted by Gasteiger charge is -2.41. The topological polar surface area (TPSA) is 96.2 Å². The van der Waals surface area contributed by atoms with E-state index >= 15 is 0 Å². The van der Waals surface area contributed by atoms with Crippen molar-refractivity contribution >= 4 is 16.3 Å². The van der Waals surface area contributed by atoms with Crippen LogP contribution < -0.4 is 5.73 Å². The van der Waals surface area contributed by atoms with Crippen LogP contribution in [0.1, 0.15) is 20.8 Å². The lowest BCUT2D eigenvalue weighted by molar-refractivity contribution is 0.0134. The summed E-state index contributed by atoms with van der Waals surface area (Å²) in [6, 6.07) is -0.446. The maximum atomic E-state index is 12.2. The predicted molar refractivity (Wildman–Crippen MR) is 80.0 cm³/mol. The van der Waals surface area contributed by atoms with Crippen molar-refractivity contribution < 1.29 is 17.9 Å². The third-order valence-corrected chi connectivity index (χ3v) is 5.11. The summed E-state index contributed by atoms with van der Waals surface area (Å²) in [7, 11) is -0.587. The number of carbonyl (C=O) groups is 1. The Morgan fingerprint density at radius 3 is 2.33 bits per heavy atom. The Morgan fingerprint density at radius 1 is 1.33 bits per heavy atom. The number of hydrogen-bond donors (Lipinski definition) is 1. The van der Waals surface area contributed by atoms with E-state index in [2.05, 4.69) is 0 Å². The molecule has 0 aromatic rings. The van der Waals surface area contributed by atoms with Crippen LogP contribution in [0.4, 0.5) is 4.79 Å². The molecule has 0 spiro atoms. The average Bonchev–Trinajstić information content (AvgIpc) is 2.35. The first kappa shape index (κ1) is 18.1. The van der Waals surface area contributed by atoms with Gasteiger partial charge in [-0.05, 0) is 20.8 Å². The van der Waals surface area contributed by atoms with E-state index in [-0.39, 0.29) is 19.6 Å². The normalized spacial score (nSPS) is 21.7. The van der Waals surface area contributed by atoms with Crippen molar-refractivity contribution in [3.63, 3.8) is 0 Å². The molecule has 1 saturated heterocycles. The zero-order chi connectivity index (χ0) is 16.4. The largest absolute Gasteiger partial charge is 0.444 e. The molecule has 0 aromatic heterocycles. The number of hydrogen-bond acceptors (Lipinski definition) is 5.